The number of rotatable bonds is 14. The molecule has 0 spiro atoms. The van der Waals surface area contributed by atoms with E-state index in [1.165, 1.54) is 38.5 Å². The van der Waals surface area contributed by atoms with Gasteiger partial charge >= 0.3 is 17.9 Å². The molecule has 24 heavy (non-hydrogen) atoms. The first-order valence-corrected chi connectivity index (χ1v) is 8.69. The van der Waals surface area contributed by atoms with E-state index in [2.05, 4.69) is 11.7 Å². The third kappa shape index (κ3) is 16.7. The summed E-state index contributed by atoms with van der Waals surface area (Å²) in [5.41, 5.74) is 5.27. The van der Waals surface area contributed by atoms with Crippen LogP contribution in [0.4, 0.5) is 0 Å². The summed E-state index contributed by atoms with van der Waals surface area (Å²) >= 11 is 0. The zero-order valence-electron chi connectivity index (χ0n) is 14.6. The first-order valence-electron chi connectivity index (χ1n) is 8.69. The normalized spacial score (nSPS) is 11.4. The molecule has 0 radical (unpaired) electrons. The molecule has 0 aromatic carbocycles. The van der Waals surface area contributed by atoms with Crippen molar-refractivity contribution in [1.82, 2.24) is 0 Å². The van der Waals surface area contributed by atoms with Gasteiger partial charge in [0.05, 0.1) is 0 Å². The third-order valence-corrected chi connectivity index (χ3v) is 3.69. The molecule has 0 unspecified atom stereocenters. The Labute approximate surface area is 176 Å². The Hall–Kier alpha value is -0.105. The molecule has 0 rings (SSSR count). The number of carbonyl (C=O) groups is 3. The van der Waals surface area contributed by atoms with Crippen LogP contribution in [0.2, 0.25) is 0 Å². The zero-order chi connectivity index (χ0) is 17.5. The molecule has 0 aliphatic carbocycles. The van der Waals surface area contributed by atoms with E-state index in [1.54, 1.807) is 0 Å². The van der Waals surface area contributed by atoms with Gasteiger partial charge in [0.15, 0.2) is 0 Å². The average Bonchev–Trinajstić information content (AvgIpc) is 2.50. The summed E-state index contributed by atoms with van der Waals surface area (Å²) in [6.45, 7) is 2.20. The van der Waals surface area contributed by atoms with Crippen LogP contribution in [-0.2, 0) is 19.1 Å². The number of hydrogen-bond donors (Lipinski definition) is 2. The summed E-state index contributed by atoms with van der Waals surface area (Å²) in [6, 6.07) is -1.10. The van der Waals surface area contributed by atoms with Gasteiger partial charge in [-0.15, -0.1) is 0 Å². The summed E-state index contributed by atoms with van der Waals surface area (Å²) in [5, 5.41) is 8.58. The number of unbranched alkanes of at least 4 members (excludes halogenated alkanes) is 8. The molecule has 0 heterocycles. The summed E-state index contributed by atoms with van der Waals surface area (Å²) in [6.07, 6.45) is 10.4. The predicted octanol–water partition coefficient (Wildman–Crippen LogP) is 3.17. The van der Waals surface area contributed by atoms with Gasteiger partial charge in [-0.1, -0.05) is 58.3 Å². The van der Waals surface area contributed by atoms with Gasteiger partial charge in [-0.05, 0) is 12.8 Å². The number of hydrogen-bond acceptors (Lipinski definition) is 5. The molecular formula is C17H31GdNO5. The van der Waals surface area contributed by atoms with E-state index >= 15 is 0 Å². The minimum absolute atomic E-state index is 0. The smallest absolute Gasteiger partial charge is 0.320 e. The Morgan fingerprint density at radius 2 is 1.33 bits per heavy atom. The maximum atomic E-state index is 11.4. The number of aliphatic carboxylic acids is 1. The molecule has 3 N–H and O–H groups in total. The van der Waals surface area contributed by atoms with Crippen molar-refractivity contribution in [2.75, 3.05) is 0 Å². The molecule has 7 heteroatoms. The first kappa shape index (κ1) is 26.1. The number of carbonyl (C=O) groups excluding carboxylic acids is 2. The molecule has 0 fully saturated rings. The van der Waals surface area contributed by atoms with Crippen molar-refractivity contribution in [1.29, 1.82) is 0 Å². The van der Waals surface area contributed by atoms with Crippen molar-refractivity contribution in [3.8, 4) is 0 Å². The van der Waals surface area contributed by atoms with E-state index in [0.717, 1.165) is 19.3 Å². The molecule has 0 amide bonds. The summed E-state index contributed by atoms with van der Waals surface area (Å²) in [7, 11) is 0. The van der Waals surface area contributed by atoms with Crippen molar-refractivity contribution in [3.63, 3.8) is 0 Å². The fraction of sp³-hybridized carbons (Fsp3) is 0.824. The Kier molecular flexibility index (Phi) is 19.3. The molecule has 142 valence electrons. The van der Waals surface area contributed by atoms with Crippen LogP contribution in [0.1, 0.15) is 84.0 Å². The van der Waals surface area contributed by atoms with Gasteiger partial charge in [0.1, 0.15) is 6.04 Å². The average molecular weight is 487 g/mol. The molecule has 1 atom stereocenters. The zero-order valence-corrected chi connectivity index (χ0v) is 16.8. The van der Waals surface area contributed by atoms with Crippen molar-refractivity contribution < 1.29 is 64.2 Å². The van der Waals surface area contributed by atoms with Gasteiger partial charge in [0.25, 0.3) is 0 Å². The van der Waals surface area contributed by atoms with E-state index < -0.39 is 23.9 Å². The Morgan fingerprint density at radius 1 is 0.875 bits per heavy atom. The molecule has 0 bridgehead atoms. The fourth-order valence-corrected chi connectivity index (χ4v) is 2.21. The molecule has 0 aromatic rings. The standard InChI is InChI=1S/C17H31NO5.Gd/c1-2-3-4-5-6-7-8-9-10-11-15(19)23-16(20)13-12-14(18)17(21)22;/h14H,2-13,18H2,1H3,(H,21,22);/t14-;/m0./s1. The van der Waals surface area contributed by atoms with Gasteiger partial charge in [-0.2, -0.15) is 0 Å². The van der Waals surface area contributed by atoms with Crippen LogP contribution in [0.25, 0.3) is 0 Å². The van der Waals surface area contributed by atoms with E-state index in [-0.39, 0.29) is 59.2 Å². The maximum Gasteiger partial charge on any atom is 0.320 e. The predicted molar refractivity (Wildman–Crippen MR) is 87.8 cm³/mol. The third-order valence-electron chi connectivity index (χ3n) is 3.69. The number of nitrogens with two attached hydrogens (primary N) is 1. The second-order valence-corrected chi connectivity index (χ2v) is 5.91. The van der Waals surface area contributed by atoms with Crippen molar-refractivity contribution in [3.05, 3.63) is 0 Å². The second kappa shape index (κ2) is 17.7. The Bertz CT molecular complexity index is 363. The van der Waals surface area contributed by atoms with Crippen LogP contribution < -0.4 is 5.73 Å². The molecule has 0 aliphatic rings. The molecule has 0 aliphatic heterocycles. The van der Waals surface area contributed by atoms with E-state index in [9.17, 15) is 14.4 Å². The van der Waals surface area contributed by atoms with Crippen LogP contribution in [-0.4, -0.2) is 29.1 Å². The summed E-state index contributed by atoms with van der Waals surface area (Å²) < 4.78 is 4.63. The first-order chi connectivity index (χ1) is 11.0. The van der Waals surface area contributed by atoms with E-state index in [0.29, 0.717) is 0 Å². The van der Waals surface area contributed by atoms with Gasteiger partial charge in [0, 0.05) is 52.8 Å². The number of esters is 2. The SMILES string of the molecule is CCCCCCCCCCCC(=O)OC(=O)CC[C@H](N)C(=O)O.[Gd]. The van der Waals surface area contributed by atoms with Gasteiger partial charge < -0.3 is 15.6 Å². The topological polar surface area (TPSA) is 107 Å². The minimum Gasteiger partial charge on any atom is -0.480 e. The van der Waals surface area contributed by atoms with Crippen LogP contribution in [0, 0.1) is 39.9 Å². The number of carboxylic acid groups (broad SMARTS) is 1. The van der Waals surface area contributed by atoms with Gasteiger partial charge in [0.2, 0.25) is 0 Å². The summed E-state index contributed by atoms with van der Waals surface area (Å²) in [4.78, 5) is 33.3. The maximum absolute atomic E-state index is 11.4. The molecule has 0 saturated heterocycles. The van der Waals surface area contributed by atoms with Gasteiger partial charge in [-0.3, -0.25) is 14.4 Å². The Morgan fingerprint density at radius 3 is 1.83 bits per heavy atom. The Balaban J connectivity index is 0. The van der Waals surface area contributed by atoms with Crippen molar-refractivity contribution in [2.45, 2.75) is 90.0 Å². The molecule has 0 saturated carbocycles. The molecular weight excluding hydrogens is 455 g/mol. The minimum atomic E-state index is -1.17. The number of carboxylic acids is 1. The van der Waals surface area contributed by atoms with Gasteiger partial charge in [-0.25, -0.2) is 0 Å². The van der Waals surface area contributed by atoms with Crippen LogP contribution in [0.3, 0.4) is 0 Å². The fourth-order valence-electron chi connectivity index (χ4n) is 2.21. The van der Waals surface area contributed by atoms with Crippen LogP contribution in [0.5, 0.6) is 0 Å². The van der Waals surface area contributed by atoms with E-state index in [4.69, 9.17) is 10.8 Å². The van der Waals surface area contributed by atoms with Crippen molar-refractivity contribution in [2.24, 2.45) is 5.73 Å². The van der Waals surface area contributed by atoms with Crippen LogP contribution >= 0.6 is 0 Å². The van der Waals surface area contributed by atoms with Crippen molar-refractivity contribution >= 4 is 17.9 Å². The molecule has 0 aromatic heterocycles. The van der Waals surface area contributed by atoms with E-state index in [1.807, 2.05) is 0 Å². The molecule has 6 nitrogen and oxygen atoms in total. The number of ether oxygens (including phenoxy) is 1. The monoisotopic (exact) mass is 487 g/mol. The summed E-state index contributed by atoms with van der Waals surface area (Å²) in [5.74, 6) is -2.41. The quantitative estimate of drug-likeness (QED) is 0.222. The van der Waals surface area contributed by atoms with Crippen LogP contribution in [0.15, 0.2) is 0 Å². The second-order valence-electron chi connectivity index (χ2n) is 5.91. The largest absolute Gasteiger partial charge is 0.480 e.